The van der Waals surface area contributed by atoms with Crippen molar-refractivity contribution >= 4 is 40.4 Å². The van der Waals surface area contributed by atoms with Crippen LogP contribution in [0.25, 0.3) is 10.9 Å². The number of aromatic nitrogens is 2. The molecule has 0 aliphatic heterocycles. The minimum Gasteiger partial charge on any atom is -0.444 e. The maximum atomic E-state index is 13.2. The molecule has 2 aromatic heterocycles. The second-order valence-electron chi connectivity index (χ2n) is 10.6. The molecule has 0 saturated heterocycles. The number of H-pyrrole nitrogens is 1. The molecule has 2 amide bonds. The second kappa shape index (κ2) is 13.9. The predicted molar refractivity (Wildman–Crippen MR) is 162 cm³/mol. The van der Waals surface area contributed by atoms with E-state index in [-0.39, 0.29) is 11.9 Å². The van der Waals surface area contributed by atoms with E-state index in [4.69, 9.17) is 4.74 Å². The molecule has 0 radical (unpaired) electrons. The summed E-state index contributed by atoms with van der Waals surface area (Å²) in [6, 6.07) is 20.9. The topological polar surface area (TPSA) is 108 Å². The maximum absolute atomic E-state index is 13.2. The number of rotatable bonds is 12. The van der Waals surface area contributed by atoms with Crippen LogP contribution in [-0.4, -0.2) is 51.2 Å². The number of hydrogen-bond acceptors (Lipinski definition) is 6. The van der Waals surface area contributed by atoms with Gasteiger partial charge in [0.2, 0.25) is 5.91 Å². The van der Waals surface area contributed by atoms with Crippen molar-refractivity contribution in [1.82, 2.24) is 20.6 Å². The number of amides is 2. The Kier molecular flexibility index (Phi) is 10.1. The van der Waals surface area contributed by atoms with E-state index in [2.05, 4.69) is 32.0 Å². The molecule has 0 aliphatic rings. The fraction of sp³-hybridized carbons (Fsp3) is 0.323. The van der Waals surface area contributed by atoms with E-state index in [0.29, 0.717) is 24.5 Å². The standard InChI is InChI=1S/C31H37N5O3S/c1-31(2,3)39-30(38)36-25(16-23-19-33-27-14-8-7-13-26(23)27)20-40-21-28(35-24-11-5-4-6-12-24)29(37)34-18-22-10-9-15-32-17-22/h4-15,17,19,25,28,33,35H,16,18,20-21H2,1-3H3,(H,34,37)(H,36,38)/t25-,28?/m1/s1. The molecule has 1 unspecified atom stereocenters. The van der Waals surface area contributed by atoms with Crippen LogP contribution in [0.4, 0.5) is 10.5 Å². The average molecular weight is 560 g/mol. The quantitative estimate of drug-likeness (QED) is 0.182. The summed E-state index contributed by atoms with van der Waals surface area (Å²) in [4.78, 5) is 33.4. The summed E-state index contributed by atoms with van der Waals surface area (Å²) in [7, 11) is 0. The number of carbonyl (C=O) groups is 2. The maximum Gasteiger partial charge on any atom is 0.407 e. The molecule has 0 fully saturated rings. The molecule has 2 aromatic carbocycles. The molecule has 4 rings (SSSR count). The first-order valence-corrected chi connectivity index (χ1v) is 14.5. The van der Waals surface area contributed by atoms with Crippen LogP contribution in [0, 0.1) is 0 Å². The van der Waals surface area contributed by atoms with Gasteiger partial charge < -0.3 is 25.7 Å². The van der Waals surface area contributed by atoms with E-state index >= 15 is 0 Å². The Morgan fingerprint density at radius 2 is 1.77 bits per heavy atom. The summed E-state index contributed by atoms with van der Waals surface area (Å²) in [5, 5.41) is 10.6. The van der Waals surface area contributed by atoms with Crippen molar-refractivity contribution in [1.29, 1.82) is 0 Å². The van der Waals surface area contributed by atoms with Gasteiger partial charge in [-0.05, 0) is 62.6 Å². The van der Waals surface area contributed by atoms with E-state index in [0.717, 1.165) is 27.7 Å². The van der Waals surface area contributed by atoms with Crippen LogP contribution in [0.2, 0.25) is 0 Å². The van der Waals surface area contributed by atoms with Gasteiger partial charge in [0.1, 0.15) is 11.6 Å². The molecular weight excluding hydrogens is 522 g/mol. The van der Waals surface area contributed by atoms with Crippen LogP contribution in [-0.2, 0) is 22.5 Å². The number of ether oxygens (including phenoxy) is 1. The molecule has 9 heteroatoms. The third-order valence-electron chi connectivity index (χ3n) is 6.09. The fourth-order valence-corrected chi connectivity index (χ4v) is 5.35. The second-order valence-corrected chi connectivity index (χ2v) is 11.7. The van der Waals surface area contributed by atoms with E-state index < -0.39 is 17.7 Å². The molecular formula is C31H37N5O3S. The van der Waals surface area contributed by atoms with Crippen molar-refractivity contribution in [3.05, 3.63) is 96.4 Å². The number of aromatic amines is 1. The number of benzene rings is 2. The minimum absolute atomic E-state index is 0.103. The number of pyridine rings is 1. The Morgan fingerprint density at radius 3 is 2.52 bits per heavy atom. The third kappa shape index (κ3) is 9.05. The van der Waals surface area contributed by atoms with Crippen LogP contribution in [0.1, 0.15) is 31.9 Å². The first kappa shape index (κ1) is 29.0. The molecule has 40 heavy (non-hydrogen) atoms. The zero-order valence-electron chi connectivity index (χ0n) is 23.1. The highest BCUT2D eigenvalue weighted by molar-refractivity contribution is 7.99. The summed E-state index contributed by atoms with van der Waals surface area (Å²) in [5.41, 5.74) is 3.37. The summed E-state index contributed by atoms with van der Waals surface area (Å²) >= 11 is 1.61. The molecule has 4 N–H and O–H groups in total. The van der Waals surface area contributed by atoms with Crippen molar-refractivity contribution in [2.45, 2.75) is 51.4 Å². The van der Waals surface area contributed by atoms with E-state index in [9.17, 15) is 9.59 Å². The molecule has 0 spiro atoms. The lowest BCUT2D eigenvalue weighted by molar-refractivity contribution is -0.121. The van der Waals surface area contributed by atoms with Gasteiger partial charge in [0.25, 0.3) is 0 Å². The molecule has 2 atom stereocenters. The lowest BCUT2D eigenvalue weighted by Crippen LogP contribution is -2.43. The zero-order valence-corrected chi connectivity index (χ0v) is 24.0. The average Bonchev–Trinajstić information content (AvgIpc) is 3.34. The van der Waals surface area contributed by atoms with Gasteiger partial charge in [-0.2, -0.15) is 11.8 Å². The lowest BCUT2D eigenvalue weighted by atomic mass is 10.1. The fourth-order valence-electron chi connectivity index (χ4n) is 4.25. The van der Waals surface area contributed by atoms with Crippen molar-refractivity contribution in [2.75, 3.05) is 16.8 Å². The van der Waals surface area contributed by atoms with Crippen molar-refractivity contribution < 1.29 is 14.3 Å². The van der Waals surface area contributed by atoms with E-state index in [1.807, 2.05) is 87.6 Å². The van der Waals surface area contributed by atoms with E-state index in [1.54, 1.807) is 24.2 Å². The Morgan fingerprint density at radius 1 is 1.00 bits per heavy atom. The summed E-state index contributed by atoms with van der Waals surface area (Å²) in [6.45, 7) is 5.94. The minimum atomic E-state index is -0.598. The Bertz CT molecular complexity index is 1370. The summed E-state index contributed by atoms with van der Waals surface area (Å²) in [5.74, 6) is 1.00. The summed E-state index contributed by atoms with van der Waals surface area (Å²) in [6.07, 6.45) is 5.61. The number of alkyl carbamates (subject to hydrolysis) is 1. The van der Waals surface area contributed by atoms with Gasteiger partial charge in [0, 0.05) is 59.3 Å². The summed E-state index contributed by atoms with van der Waals surface area (Å²) < 4.78 is 5.54. The highest BCUT2D eigenvalue weighted by atomic mass is 32.2. The van der Waals surface area contributed by atoms with Crippen LogP contribution < -0.4 is 16.0 Å². The Balaban J connectivity index is 1.43. The van der Waals surface area contributed by atoms with Gasteiger partial charge in [-0.1, -0.05) is 42.5 Å². The smallest absolute Gasteiger partial charge is 0.407 e. The monoisotopic (exact) mass is 559 g/mol. The first-order chi connectivity index (χ1) is 19.3. The molecule has 0 bridgehead atoms. The highest BCUT2D eigenvalue weighted by Crippen LogP contribution is 2.21. The molecule has 8 nitrogen and oxygen atoms in total. The molecule has 4 aromatic rings. The van der Waals surface area contributed by atoms with Gasteiger partial charge in [-0.3, -0.25) is 9.78 Å². The number of para-hydroxylation sites is 2. The number of nitrogens with zero attached hydrogens (tertiary/aromatic N) is 1. The number of thioether (sulfide) groups is 1. The van der Waals surface area contributed by atoms with Gasteiger partial charge in [0.15, 0.2) is 0 Å². The number of nitrogens with one attached hydrogen (secondary N) is 4. The van der Waals surface area contributed by atoms with Crippen molar-refractivity contribution in [3.63, 3.8) is 0 Å². The normalized spacial score (nSPS) is 12.9. The molecule has 210 valence electrons. The van der Waals surface area contributed by atoms with Crippen molar-refractivity contribution in [2.24, 2.45) is 0 Å². The molecule has 2 heterocycles. The zero-order chi connectivity index (χ0) is 28.4. The molecule has 0 saturated carbocycles. The largest absolute Gasteiger partial charge is 0.444 e. The Labute approximate surface area is 239 Å². The van der Waals surface area contributed by atoms with Crippen molar-refractivity contribution in [3.8, 4) is 0 Å². The van der Waals surface area contributed by atoms with E-state index in [1.165, 1.54) is 0 Å². The SMILES string of the molecule is CC(C)(C)OC(=O)N[C@@H](CSCC(Nc1ccccc1)C(=O)NCc1cccnc1)Cc1c[nH]c2ccccc12. The van der Waals surface area contributed by atoms with Crippen LogP contribution in [0.3, 0.4) is 0 Å². The first-order valence-electron chi connectivity index (χ1n) is 13.4. The lowest BCUT2D eigenvalue weighted by Gasteiger charge is -2.24. The predicted octanol–water partition coefficient (Wildman–Crippen LogP) is 5.53. The van der Waals surface area contributed by atoms with Gasteiger partial charge in [-0.25, -0.2) is 4.79 Å². The van der Waals surface area contributed by atoms with Crippen LogP contribution in [0.15, 0.2) is 85.3 Å². The number of anilines is 1. The number of fused-ring (bicyclic) bond motifs is 1. The highest BCUT2D eigenvalue weighted by Gasteiger charge is 2.23. The van der Waals surface area contributed by atoms with Gasteiger partial charge in [-0.15, -0.1) is 0 Å². The third-order valence-corrected chi connectivity index (χ3v) is 7.29. The van der Waals surface area contributed by atoms with Crippen LogP contribution >= 0.6 is 11.8 Å². The van der Waals surface area contributed by atoms with Gasteiger partial charge >= 0.3 is 6.09 Å². The molecule has 0 aliphatic carbocycles. The Hall–Kier alpha value is -3.98. The number of hydrogen-bond donors (Lipinski definition) is 4. The van der Waals surface area contributed by atoms with Crippen LogP contribution in [0.5, 0.6) is 0 Å². The number of carbonyl (C=O) groups excluding carboxylic acids is 2. The van der Waals surface area contributed by atoms with Gasteiger partial charge in [0.05, 0.1) is 0 Å².